The van der Waals surface area contributed by atoms with Gasteiger partial charge in [0.2, 0.25) is 0 Å². The third-order valence-corrected chi connectivity index (χ3v) is 97.3. The minimum absolute atomic E-state index is 0. The summed E-state index contributed by atoms with van der Waals surface area (Å²) in [5.74, 6) is 2.04. The molecule has 0 spiro atoms. The molecule has 5 fully saturated rings. The molecular formula is C62H120Cl2O11S35Si3. The van der Waals surface area contributed by atoms with Crippen LogP contribution in [0, 0.1) is 35.5 Å². The molecule has 5 heterocycles. The molecule has 5 aliphatic heterocycles. The molecule has 2 unspecified atom stereocenters. The molecule has 113 heavy (non-hydrogen) atoms. The van der Waals surface area contributed by atoms with E-state index in [1.54, 1.807) is 246 Å². The average molecular weight is 2320 g/mol. The maximum absolute atomic E-state index is 9.20. The van der Waals surface area contributed by atoms with Crippen molar-refractivity contribution < 1.29 is 52.3 Å². The number of aliphatic hydroxyl groups excluding tert-OH is 3. The van der Waals surface area contributed by atoms with Crippen LogP contribution in [0.15, 0.2) is 50.1 Å². The van der Waals surface area contributed by atoms with Crippen LogP contribution in [0.2, 0.25) is 54.4 Å². The van der Waals surface area contributed by atoms with Gasteiger partial charge in [-0.25, -0.2) is 0 Å². The van der Waals surface area contributed by atoms with Crippen LogP contribution in [0.3, 0.4) is 0 Å². The van der Waals surface area contributed by atoms with Crippen molar-refractivity contribution in [3.63, 3.8) is 0 Å². The van der Waals surface area contributed by atoms with Crippen molar-refractivity contribution in [3.8, 4) is 0 Å². The normalized spacial score (nSPS) is 25.5. The first-order chi connectivity index (χ1) is 52.8. The molecule has 3 N–H and O–H groups in total. The largest absolute Gasteiger partial charge is 0.411 e. The predicted octanol–water partition coefficient (Wildman–Crippen LogP) is 15.2. The Morgan fingerprint density at radius 3 is 0.779 bits per heavy atom. The van der Waals surface area contributed by atoms with Crippen molar-refractivity contribution in [1.29, 1.82) is 0 Å². The third-order valence-electron chi connectivity index (χ3n) is 19.3. The predicted molar refractivity (Wildman–Crippen MR) is 594 cm³/mol. The zero-order valence-electron chi connectivity index (χ0n) is 66.7. The maximum Gasteiger partial charge on any atom is 0.192 e. The van der Waals surface area contributed by atoms with Gasteiger partial charge in [-0.05, 0) is 97.8 Å². The van der Waals surface area contributed by atoms with Gasteiger partial charge in [0.25, 0.3) is 0 Å². The molecule has 0 aromatic carbocycles. The molecule has 0 aromatic rings. The lowest BCUT2D eigenvalue weighted by Gasteiger charge is -2.47. The van der Waals surface area contributed by atoms with Crippen LogP contribution in [0.5, 0.6) is 0 Å². The van der Waals surface area contributed by atoms with Crippen molar-refractivity contribution in [1.82, 2.24) is 0 Å². The fraction of sp³-hybridized carbons (Fsp3) is 0.871. The van der Waals surface area contributed by atoms with Gasteiger partial charge >= 0.3 is 0 Å². The van der Waals surface area contributed by atoms with Gasteiger partial charge in [0, 0.05) is 351 Å². The van der Waals surface area contributed by atoms with Crippen molar-refractivity contribution in [2.24, 2.45) is 35.5 Å². The number of hydrogen-bond acceptors (Lipinski definition) is 15. The van der Waals surface area contributed by atoms with Crippen LogP contribution in [0.1, 0.15) is 150 Å². The molecule has 0 aliphatic carbocycles. The van der Waals surface area contributed by atoms with E-state index in [0.717, 1.165) is 38.5 Å². The third kappa shape index (κ3) is 54.8. The highest BCUT2D eigenvalue weighted by Crippen LogP contribution is 2.46. The zero-order valence-corrected chi connectivity index (χ0v) is 99.8. The van der Waals surface area contributed by atoms with Gasteiger partial charge in [-0.2, -0.15) is 0 Å². The first kappa shape index (κ1) is 122. The minimum atomic E-state index is -1.85. The number of ether oxygens (including phenoxy) is 5. The average Bonchev–Trinajstić information content (AvgIpc) is 1.30. The Labute approximate surface area is 801 Å². The van der Waals surface area contributed by atoms with Crippen molar-refractivity contribution in [2.45, 2.75) is 284 Å². The molecule has 0 bridgehead atoms. The standard InChI is InChI=1S/2C20H38O4Si.C20H38O3Si.CH2Cl2.CH4.S18.S17/c2*1-9-13(2)19-17(24-25(7,8)20(4,5)6)10-14(3)15(23-19)11-16-18(12-21)22-16;1-9-15(2)19-18(23-24(7,8)20(4,5)6)14-16(3)17(22-19)12-10-11-13-21;2-1-3;;1-3-5-7-9-11-13-15-17-18-16-14-12-10-8-6-4-2;1-3-5-7-9-11-13-15-17-16-14-12-10-8-6-4-2/h2*9,13-19,21H,1,10-12H2,2-8H3;9-11,15-19,21H,1,12-14H2,2-8H3;1H2;1H4;;/b;;11-10-;;;;/t13-,14+,15+,16+,17-,18?,19-;13-,14+,15+,16-,17-,18?,19-;15-,16+,17+,18-,19-;;;;/m000..../s1. The molecule has 670 valence electrons. The number of hydrogen-bond donors (Lipinski definition) is 3. The van der Waals surface area contributed by atoms with Crippen LogP contribution in [0.25, 0.3) is 0 Å². The molecular weight excluding hydrogens is 2200 g/mol. The van der Waals surface area contributed by atoms with Crippen molar-refractivity contribution in [3.05, 3.63) is 50.1 Å². The molecule has 0 amide bonds. The van der Waals surface area contributed by atoms with Gasteiger partial charge in [0.1, 0.15) is 12.2 Å². The van der Waals surface area contributed by atoms with Crippen molar-refractivity contribution >= 4 is 368 Å². The summed E-state index contributed by atoms with van der Waals surface area (Å²) in [5.41, 5.74) is 0. The fourth-order valence-corrected chi connectivity index (χ4v) is 88.2. The number of halogens is 2. The fourth-order valence-electron chi connectivity index (χ4n) is 10.1. The van der Waals surface area contributed by atoms with E-state index < -0.39 is 25.0 Å². The maximum atomic E-state index is 9.20. The first-order valence-corrected chi connectivity index (χ1v) is 88.5. The summed E-state index contributed by atoms with van der Waals surface area (Å²) in [6, 6.07) is 0. The Hall–Kier alpha value is 7.45. The van der Waals surface area contributed by atoms with E-state index in [1.807, 2.05) is 24.3 Å². The summed E-state index contributed by atoms with van der Waals surface area (Å²) < 4.78 is 50.8. The molecule has 5 rings (SSSR count). The molecule has 51 heteroatoms. The summed E-state index contributed by atoms with van der Waals surface area (Å²) in [6.45, 7) is 59.8. The van der Waals surface area contributed by atoms with Gasteiger partial charge in [0.15, 0.2) is 25.0 Å². The molecule has 11 nitrogen and oxygen atoms in total. The van der Waals surface area contributed by atoms with E-state index in [-0.39, 0.29) is 145 Å². The van der Waals surface area contributed by atoms with E-state index in [1.165, 1.54) is 35.5 Å². The Balaban J connectivity index is 0. The molecule has 0 radical (unpaired) electrons. The Morgan fingerprint density at radius 2 is 0.593 bits per heavy atom. The van der Waals surface area contributed by atoms with E-state index >= 15 is 0 Å². The number of aliphatic hydroxyl groups is 3. The van der Waals surface area contributed by atoms with E-state index in [0.29, 0.717) is 17.8 Å². The monoisotopic (exact) mass is 2310 g/mol. The van der Waals surface area contributed by atoms with Crippen molar-refractivity contribution in [2.75, 3.05) is 25.2 Å². The highest BCUT2D eigenvalue weighted by atomic mass is 35.5. The number of alkyl halides is 2. The Morgan fingerprint density at radius 1 is 0.381 bits per heavy atom. The summed E-state index contributed by atoms with van der Waals surface area (Å²) in [7, 11) is 47.0. The van der Waals surface area contributed by atoms with Crippen LogP contribution in [-0.2, 0) is 357 Å². The van der Waals surface area contributed by atoms with Gasteiger partial charge in [0.05, 0.1) is 92.3 Å². The number of epoxide rings is 2. The highest BCUT2D eigenvalue weighted by Gasteiger charge is 2.51. The number of rotatable bonds is 21. The molecule has 0 saturated carbocycles. The van der Waals surface area contributed by atoms with Crippen LogP contribution < -0.4 is 0 Å². The summed E-state index contributed by atoms with van der Waals surface area (Å²) >= 11 is 28.5. The summed E-state index contributed by atoms with van der Waals surface area (Å²) in [4.78, 5) is 0. The second-order valence-corrected chi connectivity index (χ2v) is 99.9. The topological polar surface area (TPSA) is 141 Å². The van der Waals surface area contributed by atoms with Gasteiger partial charge in [-0.15, -0.1) is 42.9 Å². The van der Waals surface area contributed by atoms with E-state index in [4.69, 9.17) is 110 Å². The van der Waals surface area contributed by atoms with E-state index in [2.05, 4.69) is 163 Å². The summed E-state index contributed by atoms with van der Waals surface area (Å²) in [6.07, 6.45) is 16.7. The Bertz CT molecular complexity index is 4230. The quantitative estimate of drug-likeness (QED) is 0.0434. The van der Waals surface area contributed by atoms with Gasteiger partial charge in [-0.1, -0.05) is 142 Å². The SMILES string of the molecule is C.C=C[C@H](C)[C@@H]1O[C@H](C/C=C\CO)[C@H](C)C[C@@H]1O[Si](C)(C)C(C)(C)C.C=C[C@H](C)[C@@H]1O[C@H](C[C@@H]2OC2CO)[C@H](C)C[C@@H]1O[Si](C)(C)C(C)(C)C.C=C[C@H](C)[C@@H]1O[C@H](C[C@H]2OC2CO)[C@H](C)C[C@@H]1O[Si](C)(C)C(C)(C)C.ClCCl.S=S=S=S=S=S=S=S=S=S=S=S=S=S=S=S=S.S=S=S=S=S=S=S=S=S=S=S=S=S=S=S=S=S=S. The lowest BCUT2D eigenvalue weighted by molar-refractivity contribution is -0.152. The Kier molecular flexibility index (Phi) is 76.2. The van der Waals surface area contributed by atoms with E-state index in [9.17, 15) is 10.2 Å². The van der Waals surface area contributed by atoms with Gasteiger partial charge < -0.3 is 52.3 Å². The molecule has 0 aromatic heterocycles. The lowest BCUT2D eigenvalue weighted by atomic mass is 9.85. The minimum Gasteiger partial charge on any atom is -0.411 e. The second-order valence-electron chi connectivity index (χ2n) is 30.0. The smallest absolute Gasteiger partial charge is 0.192 e. The molecule has 5 saturated heterocycles. The highest BCUT2D eigenvalue weighted by molar-refractivity contribution is 8.79. The molecule has 5 aliphatic rings. The van der Waals surface area contributed by atoms with Gasteiger partial charge in [-0.3, -0.25) is 0 Å². The van der Waals surface area contributed by atoms with Crippen LogP contribution in [0.4, 0.5) is 0 Å². The zero-order chi connectivity index (χ0) is 85.2. The second kappa shape index (κ2) is 70.3. The van der Waals surface area contributed by atoms with Crippen LogP contribution in [-0.4, -0.2) is 145 Å². The molecule has 19 atom stereocenters. The summed E-state index contributed by atoms with van der Waals surface area (Å²) in [5, 5.41) is 28.1. The van der Waals surface area contributed by atoms with Crippen LogP contribution >= 0.6 is 23.2 Å². The lowest BCUT2D eigenvalue weighted by Crippen LogP contribution is -2.53. The first-order valence-electron chi connectivity index (χ1n) is 34.7.